The van der Waals surface area contributed by atoms with E-state index in [2.05, 4.69) is 4.98 Å². The van der Waals surface area contributed by atoms with Crippen LogP contribution in [0.3, 0.4) is 0 Å². The molecular weight excluding hydrogens is 272 g/mol. The zero-order valence-electron chi connectivity index (χ0n) is 12.3. The monoisotopic (exact) mass is 294 g/mol. The molecule has 0 saturated heterocycles. The summed E-state index contributed by atoms with van der Waals surface area (Å²) in [6, 6.07) is 1.91. The number of hydrogen-bond acceptors (Lipinski definition) is 4. The number of nitrogens with two attached hydrogens (primary N) is 1. The fourth-order valence-electron chi connectivity index (χ4n) is 2.79. The van der Waals surface area contributed by atoms with E-state index in [4.69, 9.17) is 27.4 Å². The molecule has 0 aliphatic heterocycles. The van der Waals surface area contributed by atoms with Crippen molar-refractivity contribution in [3.8, 4) is 5.75 Å². The molecule has 1 aromatic rings. The highest BCUT2D eigenvalue weighted by molar-refractivity contribution is 7.80. The second kappa shape index (κ2) is 6.50. The first-order chi connectivity index (χ1) is 9.51. The van der Waals surface area contributed by atoms with E-state index in [1.165, 1.54) is 0 Å². The molecule has 5 heteroatoms. The quantitative estimate of drug-likeness (QED) is 0.865. The van der Waals surface area contributed by atoms with Gasteiger partial charge in [0.1, 0.15) is 16.8 Å². The third-order valence-corrected chi connectivity index (χ3v) is 3.95. The fraction of sp³-hybridized carbons (Fsp3) is 0.600. The van der Waals surface area contributed by atoms with E-state index in [0.717, 1.165) is 48.4 Å². The van der Waals surface area contributed by atoms with Crippen LogP contribution in [0, 0.1) is 13.8 Å². The van der Waals surface area contributed by atoms with E-state index < -0.39 is 0 Å². The molecule has 1 aliphatic carbocycles. The zero-order chi connectivity index (χ0) is 14.7. The first-order valence-electron chi connectivity index (χ1n) is 6.98. The molecule has 1 heterocycles. The van der Waals surface area contributed by atoms with Crippen LogP contribution in [0.4, 0.5) is 0 Å². The van der Waals surface area contributed by atoms with E-state index >= 15 is 0 Å². The third-order valence-electron chi connectivity index (χ3n) is 3.74. The van der Waals surface area contributed by atoms with Gasteiger partial charge in [-0.25, -0.2) is 0 Å². The molecule has 0 amide bonds. The molecule has 0 radical (unpaired) electrons. The lowest BCUT2D eigenvalue weighted by Gasteiger charge is -2.29. The summed E-state index contributed by atoms with van der Waals surface area (Å²) in [7, 11) is 1.76. The predicted molar refractivity (Wildman–Crippen MR) is 83.3 cm³/mol. The molecule has 0 spiro atoms. The average Bonchev–Trinajstić information content (AvgIpc) is 2.37. The molecule has 1 aromatic heterocycles. The van der Waals surface area contributed by atoms with Crippen LogP contribution in [-0.4, -0.2) is 29.3 Å². The van der Waals surface area contributed by atoms with Gasteiger partial charge < -0.3 is 15.2 Å². The smallest absolute Gasteiger partial charge is 0.133 e. The summed E-state index contributed by atoms with van der Waals surface area (Å²) in [5, 5.41) is 0. The molecular formula is C15H22N2O2S. The van der Waals surface area contributed by atoms with Gasteiger partial charge in [-0.1, -0.05) is 12.2 Å². The average molecular weight is 294 g/mol. The Labute approximate surface area is 125 Å². The lowest BCUT2D eigenvalue weighted by Crippen LogP contribution is -2.30. The van der Waals surface area contributed by atoms with E-state index in [-0.39, 0.29) is 12.2 Å². The third kappa shape index (κ3) is 3.46. The van der Waals surface area contributed by atoms with Gasteiger partial charge in [-0.15, -0.1) is 0 Å². The number of ether oxygens (including phenoxy) is 2. The van der Waals surface area contributed by atoms with Gasteiger partial charge in [0.15, 0.2) is 0 Å². The molecule has 1 fully saturated rings. The van der Waals surface area contributed by atoms with Crippen molar-refractivity contribution in [1.82, 2.24) is 4.98 Å². The van der Waals surface area contributed by atoms with Crippen LogP contribution in [-0.2, 0) is 4.74 Å². The summed E-state index contributed by atoms with van der Waals surface area (Å²) in [6.07, 6.45) is 4.61. The molecule has 2 unspecified atom stereocenters. The zero-order valence-corrected chi connectivity index (χ0v) is 13.1. The van der Waals surface area contributed by atoms with Gasteiger partial charge in [0.2, 0.25) is 0 Å². The highest BCUT2D eigenvalue weighted by Gasteiger charge is 2.24. The van der Waals surface area contributed by atoms with Gasteiger partial charge in [-0.2, -0.15) is 0 Å². The molecule has 2 atom stereocenters. The Morgan fingerprint density at radius 2 is 2.05 bits per heavy atom. The van der Waals surface area contributed by atoms with Gasteiger partial charge in [0.25, 0.3) is 0 Å². The van der Waals surface area contributed by atoms with Crippen LogP contribution < -0.4 is 10.5 Å². The molecule has 0 bridgehead atoms. The van der Waals surface area contributed by atoms with Gasteiger partial charge in [0.05, 0.1) is 17.4 Å². The van der Waals surface area contributed by atoms with Crippen LogP contribution in [0.2, 0.25) is 0 Å². The number of rotatable bonds is 4. The van der Waals surface area contributed by atoms with E-state index in [1.54, 1.807) is 7.11 Å². The van der Waals surface area contributed by atoms with Gasteiger partial charge >= 0.3 is 0 Å². The predicted octanol–water partition coefficient (Wildman–Crippen LogP) is 2.67. The lowest BCUT2D eigenvalue weighted by atomic mass is 9.95. The Kier molecular flexibility index (Phi) is 4.94. The summed E-state index contributed by atoms with van der Waals surface area (Å²) < 4.78 is 11.6. The van der Waals surface area contributed by atoms with Crippen molar-refractivity contribution in [1.29, 1.82) is 0 Å². The Balaban J connectivity index is 2.22. The summed E-state index contributed by atoms with van der Waals surface area (Å²) in [5.41, 5.74) is 8.30. The highest BCUT2D eigenvalue weighted by atomic mass is 32.1. The molecule has 0 aromatic carbocycles. The van der Waals surface area contributed by atoms with Crippen LogP contribution in [0.5, 0.6) is 5.75 Å². The maximum atomic E-state index is 6.15. The Hall–Kier alpha value is -1.20. The van der Waals surface area contributed by atoms with Crippen LogP contribution in [0.1, 0.15) is 42.6 Å². The van der Waals surface area contributed by atoms with Crippen molar-refractivity contribution < 1.29 is 9.47 Å². The standard InChI is InChI=1S/C15H22N2O2S/c1-9-7-13(14(15(16)20)10(2)17-9)19-12-6-4-5-11(8-12)18-3/h7,11-12H,4-6,8H2,1-3H3,(H2,16,20). The van der Waals surface area contributed by atoms with Crippen molar-refractivity contribution in [2.45, 2.75) is 51.7 Å². The topological polar surface area (TPSA) is 57.4 Å². The van der Waals surface area contributed by atoms with E-state index in [0.29, 0.717) is 4.99 Å². The number of hydrogen-bond donors (Lipinski definition) is 1. The van der Waals surface area contributed by atoms with Crippen molar-refractivity contribution >= 4 is 17.2 Å². The van der Waals surface area contributed by atoms with E-state index in [1.807, 2.05) is 19.9 Å². The van der Waals surface area contributed by atoms with Crippen molar-refractivity contribution in [3.05, 3.63) is 23.0 Å². The number of pyridine rings is 1. The Morgan fingerprint density at radius 1 is 1.35 bits per heavy atom. The van der Waals surface area contributed by atoms with Gasteiger partial charge in [-0.3, -0.25) is 4.98 Å². The molecule has 2 N–H and O–H groups in total. The molecule has 2 rings (SSSR count). The molecule has 110 valence electrons. The molecule has 1 aliphatic rings. The fourth-order valence-corrected chi connectivity index (χ4v) is 3.04. The first kappa shape index (κ1) is 15.2. The second-order valence-electron chi connectivity index (χ2n) is 5.35. The first-order valence-corrected chi connectivity index (χ1v) is 7.39. The Bertz CT molecular complexity index is 505. The van der Waals surface area contributed by atoms with Crippen molar-refractivity contribution in [2.24, 2.45) is 5.73 Å². The van der Waals surface area contributed by atoms with Gasteiger partial charge in [-0.05, 0) is 33.1 Å². The Morgan fingerprint density at radius 3 is 2.70 bits per heavy atom. The SMILES string of the molecule is COC1CCCC(Oc2cc(C)nc(C)c2C(N)=S)C1. The number of aryl methyl sites for hydroxylation is 2. The summed E-state index contributed by atoms with van der Waals surface area (Å²) in [6.45, 7) is 3.86. The minimum Gasteiger partial charge on any atom is -0.489 e. The summed E-state index contributed by atoms with van der Waals surface area (Å²) in [4.78, 5) is 4.74. The minimum atomic E-state index is 0.156. The van der Waals surface area contributed by atoms with Crippen molar-refractivity contribution in [3.63, 3.8) is 0 Å². The number of nitrogens with zero attached hydrogens (tertiary/aromatic N) is 1. The van der Waals surface area contributed by atoms with Crippen LogP contribution in [0.15, 0.2) is 6.07 Å². The minimum absolute atomic E-state index is 0.156. The maximum Gasteiger partial charge on any atom is 0.133 e. The number of methoxy groups -OCH3 is 1. The van der Waals surface area contributed by atoms with Crippen LogP contribution >= 0.6 is 12.2 Å². The van der Waals surface area contributed by atoms with Gasteiger partial charge in [0, 0.05) is 25.3 Å². The highest BCUT2D eigenvalue weighted by Crippen LogP contribution is 2.29. The molecule has 1 saturated carbocycles. The number of thiocarbonyl (C=S) groups is 1. The number of aromatic nitrogens is 1. The second-order valence-corrected chi connectivity index (χ2v) is 5.79. The normalized spacial score (nSPS) is 22.6. The largest absolute Gasteiger partial charge is 0.489 e. The molecule has 4 nitrogen and oxygen atoms in total. The van der Waals surface area contributed by atoms with E-state index in [9.17, 15) is 0 Å². The molecule has 20 heavy (non-hydrogen) atoms. The van der Waals surface area contributed by atoms with Crippen LogP contribution in [0.25, 0.3) is 0 Å². The summed E-state index contributed by atoms with van der Waals surface area (Å²) >= 11 is 5.13. The lowest BCUT2D eigenvalue weighted by molar-refractivity contribution is 0.0208. The maximum absolute atomic E-state index is 6.15. The summed E-state index contributed by atoms with van der Waals surface area (Å²) in [5.74, 6) is 0.754. The van der Waals surface area contributed by atoms with Crippen molar-refractivity contribution in [2.75, 3.05) is 7.11 Å².